The molecule has 2 aliphatic rings. The minimum absolute atomic E-state index is 0.0293. The van der Waals surface area contributed by atoms with Crippen molar-refractivity contribution in [2.75, 3.05) is 6.61 Å². The number of hydrogen-bond acceptors (Lipinski definition) is 3. The van der Waals surface area contributed by atoms with Crippen molar-refractivity contribution in [3.63, 3.8) is 0 Å². The number of hydrogen-bond donors (Lipinski definition) is 2. The molecule has 1 aliphatic carbocycles. The second kappa shape index (κ2) is 5.85. The second-order valence-electron chi connectivity index (χ2n) is 5.74. The van der Waals surface area contributed by atoms with Crippen molar-refractivity contribution in [2.24, 2.45) is 11.8 Å². The van der Waals surface area contributed by atoms with E-state index in [2.05, 4.69) is 5.32 Å². The highest BCUT2D eigenvalue weighted by Gasteiger charge is 2.49. The number of carbonyl (C=O) groups excluding carboxylic acids is 1. The van der Waals surface area contributed by atoms with E-state index >= 15 is 0 Å². The van der Waals surface area contributed by atoms with E-state index in [0.29, 0.717) is 13.0 Å². The van der Waals surface area contributed by atoms with Crippen LogP contribution in [0.4, 0.5) is 0 Å². The van der Waals surface area contributed by atoms with Crippen LogP contribution in [0.25, 0.3) is 0 Å². The molecule has 1 saturated carbocycles. The molecule has 0 unspecified atom stereocenters. The van der Waals surface area contributed by atoms with Crippen molar-refractivity contribution in [2.45, 2.75) is 31.4 Å². The standard InChI is InChI=1S/C16H19NO4/c18-15(11-9-12(11)16(19)20)17-14(13-7-4-8-21-13)10-5-2-1-3-6-10/h1-3,5-6,11-14H,4,7-9H2,(H,17,18)(H,19,20)/t11-,12+,13-,14+/m0/s1. The minimum Gasteiger partial charge on any atom is -0.481 e. The maximum absolute atomic E-state index is 12.2. The average Bonchev–Trinajstić information content (AvgIpc) is 3.13. The van der Waals surface area contributed by atoms with E-state index in [1.807, 2.05) is 30.3 Å². The summed E-state index contributed by atoms with van der Waals surface area (Å²) in [5.41, 5.74) is 1.00. The maximum Gasteiger partial charge on any atom is 0.307 e. The number of rotatable bonds is 5. The van der Waals surface area contributed by atoms with Gasteiger partial charge in [0.15, 0.2) is 0 Å². The van der Waals surface area contributed by atoms with Gasteiger partial charge in [0.1, 0.15) is 0 Å². The summed E-state index contributed by atoms with van der Waals surface area (Å²) >= 11 is 0. The van der Waals surface area contributed by atoms with Crippen molar-refractivity contribution < 1.29 is 19.4 Å². The third-order valence-electron chi connectivity index (χ3n) is 4.24. The zero-order valence-electron chi connectivity index (χ0n) is 11.7. The number of carbonyl (C=O) groups is 2. The summed E-state index contributed by atoms with van der Waals surface area (Å²) in [4.78, 5) is 23.1. The molecular weight excluding hydrogens is 270 g/mol. The molecule has 112 valence electrons. The Labute approximate surface area is 123 Å². The van der Waals surface area contributed by atoms with Gasteiger partial charge in [-0.25, -0.2) is 0 Å². The van der Waals surface area contributed by atoms with E-state index in [-0.39, 0.29) is 18.1 Å². The van der Waals surface area contributed by atoms with E-state index in [0.717, 1.165) is 18.4 Å². The molecule has 1 aliphatic heterocycles. The van der Waals surface area contributed by atoms with Gasteiger partial charge in [-0.05, 0) is 24.8 Å². The molecule has 3 rings (SSSR count). The van der Waals surface area contributed by atoms with E-state index in [1.165, 1.54) is 0 Å². The van der Waals surface area contributed by atoms with Crippen molar-refractivity contribution in [1.29, 1.82) is 0 Å². The molecule has 5 heteroatoms. The maximum atomic E-state index is 12.2. The third kappa shape index (κ3) is 3.08. The topological polar surface area (TPSA) is 75.6 Å². The molecule has 1 amide bonds. The highest BCUT2D eigenvalue weighted by atomic mass is 16.5. The molecule has 0 aromatic heterocycles. The van der Waals surface area contributed by atoms with Crippen LogP contribution >= 0.6 is 0 Å². The van der Waals surface area contributed by atoms with Crippen molar-refractivity contribution in [1.82, 2.24) is 5.32 Å². The second-order valence-corrected chi connectivity index (χ2v) is 5.74. The third-order valence-corrected chi connectivity index (χ3v) is 4.24. The molecule has 0 bridgehead atoms. The molecule has 2 fully saturated rings. The zero-order valence-corrected chi connectivity index (χ0v) is 11.7. The normalized spacial score (nSPS) is 28.9. The molecule has 5 nitrogen and oxygen atoms in total. The van der Waals surface area contributed by atoms with Gasteiger partial charge in [-0.15, -0.1) is 0 Å². The Hall–Kier alpha value is -1.88. The smallest absolute Gasteiger partial charge is 0.307 e. The van der Waals surface area contributed by atoms with Crippen LogP contribution in [-0.2, 0) is 14.3 Å². The molecule has 2 N–H and O–H groups in total. The number of carboxylic acid groups (broad SMARTS) is 1. The number of ether oxygens (including phenoxy) is 1. The van der Waals surface area contributed by atoms with Gasteiger partial charge >= 0.3 is 5.97 Å². The largest absolute Gasteiger partial charge is 0.481 e. The zero-order chi connectivity index (χ0) is 14.8. The van der Waals surface area contributed by atoms with Gasteiger partial charge in [-0.1, -0.05) is 30.3 Å². The number of carboxylic acids is 1. The van der Waals surface area contributed by atoms with Gasteiger partial charge in [0.2, 0.25) is 5.91 Å². The van der Waals surface area contributed by atoms with Gasteiger partial charge in [-0.2, -0.15) is 0 Å². The van der Waals surface area contributed by atoms with Crippen LogP contribution < -0.4 is 5.32 Å². The Morgan fingerprint density at radius 3 is 2.57 bits per heavy atom. The van der Waals surface area contributed by atoms with Gasteiger partial charge in [0, 0.05) is 6.61 Å². The molecule has 1 aromatic rings. The summed E-state index contributed by atoms with van der Waals surface area (Å²) in [5, 5.41) is 11.9. The van der Waals surface area contributed by atoms with Crippen LogP contribution in [0.15, 0.2) is 30.3 Å². The Morgan fingerprint density at radius 1 is 1.24 bits per heavy atom. The van der Waals surface area contributed by atoms with Crippen LogP contribution in [0.3, 0.4) is 0 Å². The molecule has 1 heterocycles. The van der Waals surface area contributed by atoms with E-state index in [4.69, 9.17) is 9.84 Å². The highest BCUT2D eigenvalue weighted by molar-refractivity contribution is 5.89. The first kappa shape index (κ1) is 14.1. The molecular formula is C16H19NO4. The first-order valence-electron chi connectivity index (χ1n) is 7.36. The van der Waals surface area contributed by atoms with Crippen LogP contribution in [0, 0.1) is 11.8 Å². The number of amides is 1. The van der Waals surface area contributed by atoms with Crippen molar-refractivity contribution >= 4 is 11.9 Å². The Morgan fingerprint density at radius 2 is 2.00 bits per heavy atom. The van der Waals surface area contributed by atoms with E-state index in [1.54, 1.807) is 0 Å². The van der Waals surface area contributed by atoms with Crippen molar-refractivity contribution in [3.05, 3.63) is 35.9 Å². The summed E-state index contributed by atoms with van der Waals surface area (Å²) in [7, 11) is 0. The fraction of sp³-hybridized carbons (Fsp3) is 0.500. The summed E-state index contributed by atoms with van der Waals surface area (Å²) in [6.45, 7) is 0.713. The fourth-order valence-corrected chi connectivity index (χ4v) is 2.93. The van der Waals surface area contributed by atoms with E-state index in [9.17, 15) is 9.59 Å². The Kier molecular flexibility index (Phi) is 3.92. The highest BCUT2D eigenvalue weighted by Crippen LogP contribution is 2.39. The van der Waals surface area contributed by atoms with Crippen LogP contribution in [0.5, 0.6) is 0 Å². The number of aliphatic carboxylic acids is 1. The molecule has 1 aromatic carbocycles. The predicted molar refractivity (Wildman–Crippen MR) is 75.5 cm³/mol. The summed E-state index contributed by atoms with van der Waals surface area (Å²) in [5.74, 6) is -1.98. The van der Waals surface area contributed by atoms with Crippen LogP contribution in [-0.4, -0.2) is 29.7 Å². The van der Waals surface area contributed by atoms with E-state index < -0.39 is 17.8 Å². The lowest BCUT2D eigenvalue weighted by Crippen LogP contribution is -2.37. The first-order chi connectivity index (χ1) is 10.2. The molecule has 4 atom stereocenters. The summed E-state index contributed by atoms with van der Waals surface area (Å²) in [6.07, 6.45) is 2.31. The van der Waals surface area contributed by atoms with Crippen LogP contribution in [0.2, 0.25) is 0 Å². The molecule has 1 saturated heterocycles. The number of benzene rings is 1. The predicted octanol–water partition coefficient (Wildman–Crippen LogP) is 1.74. The van der Waals surface area contributed by atoms with Gasteiger partial charge in [0.25, 0.3) is 0 Å². The lowest BCUT2D eigenvalue weighted by Gasteiger charge is -2.24. The summed E-state index contributed by atoms with van der Waals surface area (Å²) in [6, 6.07) is 9.53. The van der Waals surface area contributed by atoms with Crippen molar-refractivity contribution in [3.8, 4) is 0 Å². The summed E-state index contributed by atoms with van der Waals surface area (Å²) < 4.78 is 5.71. The lowest BCUT2D eigenvalue weighted by atomic mass is 9.99. The quantitative estimate of drug-likeness (QED) is 0.866. The SMILES string of the molecule is O=C(N[C@H](c1ccccc1)[C@@H]1CCCO1)[C@H]1C[C@H]1C(=O)O. The van der Waals surface area contributed by atoms with Gasteiger partial charge in [0.05, 0.1) is 24.0 Å². The Bertz CT molecular complexity index is 524. The minimum atomic E-state index is -0.886. The molecule has 0 radical (unpaired) electrons. The van der Waals surface area contributed by atoms with Gasteiger partial charge in [-0.3, -0.25) is 9.59 Å². The Balaban J connectivity index is 1.71. The number of nitrogens with one attached hydrogen (secondary N) is 1. The fourth-order valence-electron chi connectivity index (χ4n) is 2.93. The molecule has 0 spiro atoms. The van der Waals surface area contributed by atoms with Gasteiger partial charge < -0.3 is 15.2 Å². The van der Waals surface area contributed by atoms with Crippen LogP contribution in [0.1, 0.15) is 30.9 Å². The lowest BCUT2D eigenvalue weighted by molar-refractivity contribution is -0.140. The first-order valence-corrected chi connectivity index (χ1v) is 7.36. The molecule has 21 heavy (non-hydrogen) atoms. The average molecular weight is 289 g/mol. The monoisotopic (exact) mass is 289 g/mol.